The summed E-state index contributed by atoms with van der Waals surface area (Å²) in [4.78, 5) is 20.8. The Labute approximate surface area is 119 Å². The Balaban J connectivity index is 0. The number of hydrogen-bond donors (Lipinski definition) is 3. The van der Waals surface area contributed by atoms with Gasteiger partial charge in [-0.15, -0.1) is 0 Å². The summed E-state index contributed by atoms with van der Waals surface area (Å²) in [6, 6.07) is 0. The van der Waals surface area contributed by atoms with Crippen molar-refractivity contribution in [2.45, 2.75) is 46.3 Å². The fourth-order valence-electron chi connectivity index (χ4n) is 0.754. The lowest BCUT2D eigenvalue weighted by Crippen LogP contribution is -2.15. The van der Waals surface area contributed by atoms with Gasteiger partial charge in [0, 0.05) is 11.1 Å². The van der Waals surface area contributed by atoms with E-state index in [1.807, 2.05) is 0 Å². The lowest BCUT2D eigenvalue weighted by Gasteiger charge is -2.04. The van der Waals surface area contributed by atoms with Crippen molar-refractivity contribution in [3.05, 3.63) is 23.8 Å². The van der Waals surface area contributed by atoms with Gasteiger partial charge in [-0.3, -0.25) is 0 Å². The summed E-state index contributed by atoms with van der Waals surface area (Å²) in [7, 11) is 0. The van der Waals surface area contributed by atoms with Gasteiger partial charge >= 0.3 is 11.9 Å². The first kappa shape index (κ1) is 20.7. The van der Waals surface area contributed by atoms with E-state index in [1.165, 1.54) is 13.0 Å². The highest BCUT2D eigenvalue weighted by atomic mass is 16.5. The Morgan fingerprint density at radius 1 is 1.20 bits per heavy atom. The second-order valence-electron chi connectivity index (χ2n) is 4.50. The van der Waals surface area contributed by atoms with Gasteiger partial charge in [-0.05, 0) is 34.1 Å². The highest BCUT2D eigenvalue weighted by Crippen LogP contribution is 1.98. The van der Waals surface area contributed by atoms with Gasteiger partial charge in [0.25, 0.3) is 0 Å². The van der Waals surface area contributed by atoms with Crippen LogP contribution < -0.4 is 0 Å². The third-order valence-electron chi connectivity index (χ3n) is 1.91. The average molecular weight is 288 g/mol. The number of carbonyl (C=O) groups is 2. The van der Waals surface area contributed by atoms with E-state index in [0.717, 1.165) is 0 Å². The van der Waals surface area contributed by atoms with Crippen molar-refractivity contribution < 1.29 is 29.6 Å². The van der Waals surface area contributed by atoms with E-state index >= 15 is 0 Å². The molecule has 0 spiro atoms. The Morgan fingerprint density at radius 3 is 2.00 bits per heavy atom. The van der Waals surface area contributed by atoms with Crippen LogP contribution in [0.5, 0.6) is 0 Å². The van der Waals surface area contributed by atoms with Crippen LogP contribution in [0.3, 0.4) is 0 Å². The second-order valence-corrected chi connectivity index (χ2v) is 4.50. The van der Waals surface area contributed by atoms with E-state index in [-0.39, 0.29) is 12.2 Å². The summed E-state index contributed by atoms with van der Waals surface area (Å²) in [6.07, 6.45) is 0.836. The molecule has 0 saturated carbocycles. The molecular weight excluding hydrogens is 264 g/mol. The monoisotopic (exact) mass is 288 g/mol. The number of carboxylic acids is 1. The molecule has 0 aromatic heterocycles. The number of rotatable bonds is 6. The normalized spacial score (nSPS) is 13.6. The van der Waals surface area contributed by atoms with Crippen molar-refractivity contribution in [2.24, 2.45) is 0 Å². The van der Waals surface area contributed by atoms with Crippen LogP contribution in [0.1, 0.15) is 34.1 Å². The summed E-state index contributed by atoms with van der Waals surface area (Å²) in [6.45, 7) is 9.64. The number of aliphatic hydroxyl groups excluding tert-OH is 2. The molecule has 3 N–H and O–H groups in total. The van der Waals surface area contributed by atoms with E-state index in [0.29, 0.717) is 12.0 Å². The van der Waals surface area contributed by atoms with Crippen LogP contribution in [0.4, 0.5) is 0 Å². The topological polar surface area (TPSA) is 104 Å². The van der Waals surface area contributed by atoms with E-state index in [2.05, 4.69) is 11.3 Å². The van der Waals surface area contributed by atoms with Crippen molar-refractivity contribution in [1.29, 1.82) is 0 Å². The fourth-order valence-corrected chi connectivity index (χ4v) is 0.754. The van der Waals surface area contributed by atoms with E-state index in [1.54, 1.807) is 20.8 Å². The van der Waals surface area contributed by atoms with Crippen LogP contribution in [0.25, 0.3) is 0 Å². The number of esters is 1. The van der Waals surface area contributed by atoms with Crippen LogP contribution in [0, 0.1) is 0 Å². The van der Waals surface area contributed by atoms with Gasteiger partial charge in [-0.25, -0.2) is 9.59 Å². The maximum absolute atomic E-state index is 10.6. The largest absolute Gasteiger partial charge is 0.478 e. The number of ether oxygens (including phenoxy) is 1. The number of aliphatic hydroxyl groups is 2. The fraction of sp³-hybridized carbons (Fsp3) is 0.571. The van der Waals surface area contributed by atoms with Crippen LogP contribution >= 0.6 is 0 Å². The zero-order chi connectivity index (χ0) is 16.3. The highest BCUT2D eigenvalue weighted by Gasteiger charge is 2.03. The Morgan fingerprint density at radius 2 is 1.70 bits per heavy atom. The lowest BCUT2D eigenvalue weighted by atomic mass is 10.2. The average Bonchev–Trinajstić information content (AvgIpc) is 2.33. The molecule has 2 atom stereocenters. The van der Waals surface area contributed by atoms with E-state index in [4.69, 9.17) is 15.3 Å². The number of carbonyl (C=O) groups excluding carboxylic acids is 1. The molecule has 0 aromatic rings. The predicted molar refractivity (Wildman–Crippen MR) is 75.1 cm³/mol. The molecule has 0 heterocycles. The van der Waals surface area contributed by atoms with E-state index < -0.39 is 24.1 Å². The van der Waals surface area contributed by atoms with Crippen LogP contribution in [-0.2, 0) is 14.3 Å². The van der Waals surface area contributed by atoms with Crippen molar-refractivity contribution in [1.82, 2.24) is 0 Å². The van der Waals surface area contributed by atoms with Gasteiger partial charge < -0.3 is 20.1 Å². The smallest absolute Gasteiger partial charge is 0.333 e. The number of aliphatic carboxylic acids is 1. The van der Waals surface area contributed by atoms with E-state index in [9.17, 15) is 9.59 Å². The second kappa shape index (κ2) is 11.2. The molecule has 20 heavy (non-hydrogen) atoms. The Bertz CT molecular complexity index is 355. The highest BCUT2D eigenvalue weighted by molar-refractivity contribution is 5.87. The molecule has 0 saturated heterocycles. The molecular formula is C14H24O6. The molecule has 0 aliphatic carbocycles. The molecule has 0 aromatic carbocycles. The van der Waals surface area contributed by atoms with Crippen LogP contribution in [-0.4, -0.2) is 46.1 Å². The first-order chi connectivity index (χ1) is 9.07. The van der Waals surface area contributed by atoms with Crippen LogP contribution in [0.2, 0.25) is 0 Å². The standard InChI is InChI=1S/2C7H12O3/c1-5(2)7(9)10-4-6(3)8;1-5(7(9)10)3-4-6(2)8/h6,8H,1,4H2,2-3H3;3,6,8H,4H2,1-2H3,(H,9,10). The quantitative estimate of drug-likeness (QED) is 0.502. The molecule has 0 aliphatic rings. The maximum atomic E-state index is 10.6. The lowest BCUT2D eigenvalue weighted by molar-refractivity contribution is -0.141. The predicted octanol–water partition coefficient (Wildman–Crippen LogP) is 1.27. The summed E-state index contributed by atoms with van der Waals surface area (Å²) in [5.41, 5.74) is 0.626. The van der Waals surface area contributed by atoms with Gasteiger partial charge in [0.1, 0.15) is 6.61 Å². The Hall–Kier alpha value is -1.66. The molecule has 0 fully saturated rings. The molecule has 6 heteroatoms. The number of carboxylic acid groups (broad SMARTS) is 1. The molecule has 116 valence electrons. The molecule has 0 amide bonds. The summed E-state index contributed by atoms with van der Waals surface area (Å²) < 4.78 is 4.58. The van der Waals surface area contributed by atoms with Crippen molar-refractivity contribution >= 4 is 11.9 Å². The van der Waals surface area contributed by atoms with Gasteiger partial charge in [-0.2, -0.15) is 0 Å². The van der Waals surface area contributed by atoms with Crippen molar-refractivity contribution in [3.8, 4) is 0 Å². The van der Waals surface area contributed by atoms with Crippen molar-refractivity contribution in [3.63, 3.8) is 0 Å². The zero-order valence-electron chi connectivity index (χ0n) is 12.4. The minimum atomic E-state index is -0.930. The molecule has 0 aliphatic heterocycles. The molecule has 0 radical (unpaired) electrons. The SMILES string of the molecule is C=C(C)C(=O)OCC(C)O.CC(=CCC(C)O)C(=O)O. The third kappa shape index (κ3) is 14.4. The van der Waals surface area contributed by atoms with Gasteiger partial charge in [0.15, 0.2) is 0 Å². The van der Waals surface area contributed by atoms with Crippen molar-refractivity contribution in [2.75, 3.05) is 6.61 Å². The minimum Gasteiger partial charge on any atom is -0.478 e. The maximum Gasteiger partial charge on any atom is 0.333 e. The molecule has 6 nitrogen and oxygen atoms in total. The van der Waals surface area contributed by atoms with Gasteiger partial charge in [0.05, 0.1) is 12.2 Å². The first-order valence-corrected chi connectivity index (χ1v) is 6.16. The van der Waals surface area contributed by atoms with Gasteiger partial charge in [0.2, 0.25) is 0 Å². The summed E-state index contributed by atoms with van der Waals surface area (Å²) in [5, 5.41) is 25.8. The summed E-state index contributed by atoms with van der Waals surface area (Å²) >= 11 is 0. The third-order valence-corrected chi connectivity index (χ3v) is 1.91. The zero-order valence-corrected chi connectivity index (χ0v) is 12.4. The molecule has 0 rings (SSSR count). The minimum absolute atomic E-state index is 0.0334. The summed E-state index contributed by atoms with van der Waals surface area (Å²) in [5.74, 6) is -1.39. The van der Waals surface area contributed by atoms with Crippen LogP contribution in [0.15, 0.2) is 23.8 Å². The molecule has 0 bridgehead atoms. The number of hydrogen-bond acceptors (Lipinski definition) is 5. The first-order valence-electron chi connectivity index (χ1n) is 6.16. The Kier molecular flexibility index (Phi) is 11.6. The van der Waals surface area contributed by atoms with Gasteiger partial charge in [-0.1, -0.05) is 12.7 Å². The molecule has 2 unspecified atom stereocenters.